The van der Waals surface area contributed by atoms with E-state index in [1.807, 2.05) is 48.5 Å². The molecular formula is C45H28N4O. The highest BCUT2D eigenvalue weighted by Crippen LogP contribution is 2.38. The summed E-state index contributed by atoms with van der Waals surface area (Å²) in [5.74, 6) is -0.720. The molecule has 0 aliphatic carbocycles. The Morgan fingerprint density at radius 3 is 1.80 bits per heavy atom. The molecule has 234 valence electrons. The number of rotatable bonds is 5. The molecule has 0 fully saturated rings. The van der Waals surface area contributed by atoms with Crippen LogP contribution in [0.2, 0.25) is 0 Å². The van der Waals surface area contributed by atoms with Gasteiger partial charge in [-0.3, -0.25) is 0 Å². The topological polar surface area (TPSA) is 56.7 Å². The summed E-state index contributed by atoms with van der Waals surface area (Å²) in [6.07, 6.45) is 0. The van der Waals surface area contributed by atoms with Crippen molar-refractivity contribution in [3.63, 3.8) is 0 Å². The summed E-state index contributed by atoms with van der Waals surface area (Å²) in [6, 6.07) is 30.4. The summed E-state index contributed by atoms with van der Waals surface area (Å²) in [6.45, 7) is 0. The van der Waals surface area contributed by atoms with Crippen LogP contribution >= 0.6 is 0 Å². The number of benzene rings is 7. The summed E-state index contributed by atoms with van der Waals surface area (Å²) < 4.78 is 92.4. The standard InChI is InChI=1S/C45H28N4O/c1-4-12-29(13-5-1)32-21-24-40-37(26-32)35-18-10-11-19-39(35)49(40)34-22-25-41-38(28-34)36-23-20-33(27-42(36)50-41)45-47-43(30-14-6-2-7-15-30)46-44(48-45)31-16-8-3-9-17-31/h1-28H/i2D,3D,6D,7D,8D,9D,14D,15D,16D,17D. The third-order valence-corrected chi connectivity index (χ3v) is 8.83. The molecule has 0 saturated carbocycles. The molecule has 3 aromatic heterocycles. The van der Waals surface area contributed by atoms with E-state index in [9.17, 15) is 0 Å². The lowest BCUT2D eigenvalue weighted by Gasteiger charge is -2.09. The highest BCUT2D eigenvalue weighted by atomic mass is 16.3. The minimum absolute atomic E-state index is 0.0446. The van der Waals surface area contributed by atoms with Gasteiger partial charge < -0.3 is 8.98 Å². The van der Waals surface area contributed by atoms with Gasteiger partial charge in [0.15, 0.2) is 17.5 Å². The molecule has 3 heterocycles. The molecule has 10 rings (SSSR count). The Balaban J connectivity index is 1.14. The molecule has 5 heteroatoms. The molecular weight excluding hydrogens is 613 g/mol. The van der Waals surface area contributed by atoms with Gasteiger partial charge in [-0.05, 0) is 59.7 Å². The van der Waals surface area contributed by atoms with Crippen molar-refractivity contribution < 1.29 is 18.1 Å². The van der Waals surface area contributed by atoms with E-state index in [1.54, 1.807) is 12.1 Å². The third-order valence-electron chi connectivity index (χ3n) is 8.83. The summed E-state index contributed by atoms with van der Waals surface area (Å²) in [5.41, 5.74) is 6.08. The second-order valence-corrected chi connectivity index (χ2v) is 11.8. The molecule has 50 heavy (non-hydrogen) atoms. The van der Waals surface area contributed by atoms with E-state index < -0.39 is 60.4 Å². The summed E-state index contributed by atoms with van der Waals surface area (Å²) in [7, 11) is 0. The minimum Gasteiger partial charge on any atom is -0.456 e. The van der Waals surface area contributed by atoms with Crippen LogP contribution in [0.4, 0.5) is 0 Å². The van der Waals surface area contributed by atoms with Gasteiger partial charge in [-0.25, -0.2) is 15.0 Å². The fraction of sp³-hybridized carbons (Fsp3) is 0. The van der Waals surface area contributed by atoms with Gasteiger partial charge in [0.1, 0.15) is 11.2 Å². The van der Waals surface area contributed by atoms with Crippen LogP contribution in [0.15, 0.2) is 174 Å². The third kappa shape index (κ3) is 4.67. The second-order valence-electron chi connectivity index (χ2n) is 11.8. The molecule has 0 aliphatic rings. The van der Waals surface area contributed by atoms with Crippen LogP contribution in [0, 0.1) is 0 Å². The maximum Gasteiger partial charge on any atom is 0.164 e. The van der Waals surface area contributed by atoms with Crippen LogP contribution in [0.25, 0.3) is 94.7 Å². The number of furan rings is 1. The molecule has 0 atom stereocenters. The van der Waals surface area contributed by atoms with Gasteiger partial charge in [0.2, 0.25) is 0 Å². The van der Waals surface area contributed by atoms with Crippen molar-refractivity contribution in [3.8, 4) is 51.0 Å². The quantitative estimate of drug-likeness (QED) is 0.186. The van der Waals surface area contributed by atoms with Gasteiger partial charge in [-0.2, -0.15) is 0 Å². The van der Waals surface area contributed by atoms with E-state index in [0.29, 0.717) is 16.7 Å². The monoisotopic (exact) mass is 650 g/mol. The Kier molecular flexibility index (Phi) is 4.52. The van der Waals surface area contributed by atoms with Crippen molar-refractivity contribution in [1.82, 2.24) is 19.5 Å². The van der Waals surface area contributed by atoms with Crippen molar-refractivity contribution in [2.75, 3.05) is 0 Å². The summed E-state index contributed by atoms with van der Waals surface area (Å²) >= 11 is 0. The van der Waals surface area contributed by atoms with E-state index in [4.69, 9.17) is 18.1 Å². The number of nitrogens with zero attached hydrogens (tertiary/aromatic N) is 4. The minimum atomic E-state index is -0.613. The van der Waals surface area contributed by atoms with Crippen LogP contribution in [-0.4, -0.2) is 19.5 Å². The Morgan fingerprint density at radius 2 is 1.06 bits per heavy atom. The molecule has 0 bridgehead atoms. The van der Waals surface area contributed by atoms with Gasteiger partial charge in [-0.1, -0.05) is 121 Å². The zero-order valence-corrected chi connectivity index (χ0v) is 26.1. The number of fused-ring (bicyclic) bond motifs is 6. The molecule has 0 unspecified atom stereocenters. The van der Waals surface area contributed by atoms with Crippen LogP contribution in [-0.2, 0) is 0 Å². The van der Waals surface area contributed by atoms with Crippen molar-refractivity contribution in [1.29, 1.82) is 0 Å². The lowest BCUT2D eigenvalue weighted by molar-refractivity contribution is 0.669. The Bertz CT molecular complexity index is 3310. The highest BCUT2D eigenvalue weighted by Gasteiger charge is 2.17. The highest BCUT2D eigenvalue weighted by molar-refractivity contribution is 6.11. The molecule has 5 nitrogen and oxygen atoms in total. The molecule has 0 radical (unpaired) electrons. The average molecular weight is 651 g/mol. The Labute approximate surface area is 301 Å². The lowest BCUT2D eigenvalue weighted by Crippen LogP contribution is -2.00. The molecule has 10 aromatic rings. The summed E-state index contributed by atoms with van der Waals surface area (Å²) in [5, 5.41) is 3.87. The molecule has 0 spiro atoms. The maximum atomic E-state index is 8.63. The molecule has 0 amide bonds. The van der Waals surface area contributed by atoms with E-state index in [-0.39, 0.29) is 28.6 Å². The van der Waals surface area contributed by atoms with Crippen LogP contribution in [0.5, 0.6) is 0 Å². The fourth-order valence-electron chi connectivity index (χ4n) is 6.56. The first-order chi connectivity index (χ1) is 28.9. The lowest BCUT2D eigenvalue weighted by atomic mass is 10.0. The number of hydrogen-bond donors (Lipinski definition) is 0. The van der Waals surface area contributed by atoms with Gasteiger partial charge in [0.25, 0.3) is 0 Å². The van der Waals surface area contributed by atoms with E-state index in [2.05, 4.69) is 68.0 Å². The first-order valence-corrected chi connectivity index (χ1v) is 15.9. The van der Waals surface area contributed by atoms with Crippen LogP contribution in [0.3, 0.4) is 0 Å². The van der Waals surface area contributed by atoms with Crippen molar-refractivity contribution in [2.24, 2.45) is 0 Å². The van der Waals surface area contributed by atoms with Crippen LogP contribution in [0.1, 0.15) is 13.7 Å². The zero-order chi connectivity index (χ0) is 41.7. The first kappa shape index (κ1) is 19.8. The van der Waals surface area contributed by atoms with Crippen LogP contribution < -0.4 is 0 Å². The smallest absolute Gasteiger partial charge is 0.164 e. The molecule has 0 aliphatic heterocycles. The number of hydrogen-bond acceptors (Lipinski definition) is 4. The Morgan fingerprint density at radius 1 is 0.420 bits per heavy atom. The van der Waals surface area contributed by atoms with Crippen molar-refractivity contribution >= 4 is 43.7 Å². The molecule has 0 N–H and O–H groups in total. The van der Waals surface area contributed by atoms with E-state index in [0.717, 1.165) is 49.4 Å². The van der Waals surface area contributed by atoms with Crippen molar-refractivity contribution in [2.45, 2.75) is 0 Å². The van der Waals surface area contributed by atoms with E-state index in [1.165, 1.54) is 0 Å². The Hall–Kier alpha value is -6.85. The number of aromatic nitrogens is 4. The SMILES string of the molecule is [2H]c1c([2H])c([2H])c(-c2nc(-c3ccc4c(c3)oc3ccc(-n5c6ccccc6c6cc(-c7ccccc7)ccc65)cc34)nc(-c3c([2H])c([2H])c([2H])c([2H])c3[2H])n2)c([2H])c1[2H]. The molecule has 0 saturated heterocycles. The second kappa shape index (κ2) is 11.4. The van der Waals surface area contributed by atoms with E-state index >= 15 is 0 Å². The number of para-hydroxylation sites is 1. The average Bonchev–Trinajstić information content (AvgIpc) is 3.81. The predicted molar refractivity (Wildman–Crippen MR) is 203 cm³/mol. The van der Waals surface area contributed by atoms with Gasteiger partial charge >= 0.3 is 0 Å². The van der Waals surface area contributed by atoms with Gasteiger partial charge in [-0.15, -0.1) is 0 Å². The predicted octanol–water partition coefficient (Wildman–Crippen LogP) is 11.5. The van der Waals surface area contributed by atoms with Gasteiger partial charge in [0, 0.05) is 43.9 Å². The van der Waals surface area contributed by atoms with Crippen molar-refractivity contribution in [3.05, 3.63) is 170 Å². The first-order valence-electron chi connectivity index (χ1n) is 20.9. The largest absolute Gasteiger partial charge is 0.456 e. The zero-order valence-electron chi connectivity index (χ0n) is 36.1. The maximum absolute atomic E-state index is 8.63. The molecule has 7 aromatic carbocycles. The normalized spacial score (nSPS) is 14.4. The van der Waals surface area contributed by atoms with Gasteiger partial charge in [0.05, 0.1) is 24.7 Å². The fourth-order valence-corrected chi connectivity index (χ4v) is 6.56. The summed E-state index contributed by atoms with van der Waals surface area (Å²) in [4.78, 5) is 13.5.